The number of hydrogen-bond acceptors (Lipinski definition) is 4. The van der Waals surface area contributed by atoms with Gasteiger partial charge in [0, 0.05) is 13.0 Å². The molecule has 0 radical (unpaired) electrons. The minimum atomic E-state index is 0.588. The Balaban J connectivity index is 2.02. The molecule has 0 spiro atoms. The zero-order valence-electron chi connectivity index (χ0n) is 12.2. The Labute approximate surface area is 123 Å². The van der Waals surface area contributed by atoms with Crippen LogP contribution in [0.25, 0.3) is 11.0 Å². The predicted molar refractivity (Wildman–Crippen MR) is 81.9 cm³/mol. The summed E-state index contributed by atoms with van der Waals surface area (Å²) in [6.07, 6.45) is 3.42. The van der Waals surface area contributed by atoms with Gasteiger partial charge in [0.2, 0.25) is 0 Å². The van der Waals surface area contributed by atoms with Crippen molar-refractivity contribution >= 4 is 11.0 Å². The molecule has 0 fully saturated rings. The van der Waals surface area contributed by atoms with Gasteiger partial charge in [-0.3, -0.25) is 0 Å². The van der Waals surface area contributed by atoms with Crippen molar-refractivity contribution in [3.8, 4) is 0 Å². The van der Waals surface area contributed by atoms with Crippen LogP contribution < -0.4 is 5.73 Å². The summed E-state index contributed by atoms with van der Waals surface area (Å²) in [5.74, 6) is 1.96. The van der Waals surface area contributed by atoms with Crippen LogP contribution in [0.2, 0.25) is 0 Å². The number of aryl methyl sites for hydroxylation is 1. The smallest absolute Gasteiger partial charge is 0.146 e. The molecule has 0 aliphatic heterocycles. The molecule has 1 aromatic carbocycles. The van der Waals surface area contributed by atoms with E-state index < -0.39 is 0 Å². The number of aromatic nitrogens is 5. The van der Waals surface area contributed by atoms with E-state index in [4.69, 9.17) is 5.73 Å². The second kappa shape index (κ2) is 6.05. The van der Waals surface area contributed by atoms with Crippen LogP contribution in [0.1, 0.15) is 25.0 Å². The first-order valence-electron chi connectivity index (χ1n) is 7.34. The Morgan fingerprint density at radius 1 is 1.19 bits per heavy atom. The molecule has 3 aromatic rings. The monoisotopic (exact) mass is 284 g/mol. The molecule has 0 atom stereocenters. The SMILES string of the molecule is CCCn1ncnc1Cn1c(CCN)nc2ccccc21. The van der Waals surface area contributed by atoms with E-state index in [1.165, 1.54) is 0 Å². The Bertz CT molecular complexity index is 727. The molecule has 3 rings (SSSR count). The van der Waals surface area contributed by atoms with E-state index in [2.05, 4.69) is 32.6 Å². The second-order valence-electron chi connectivity index (χ2n) is 5.04. The van der Waals surface area contributed by atoms with Crippen LogP contribution in [-0.2, 0) is 19.5 Å². The van der Waals surface area contributed by atoms with Crippen molar-refractivity contribution in [1.82, 2.24) is 24.3 Å². The lowest BCUT2D eigenvalue weighted by atomic mass is 10.3. The van der Waals surface area contributed by atoms with E-state index in [1.807, 2.05) is 22.9 Å². The molecule has 0 aliphatic rings. The number of benzene rings is 1. The van der Waals surface area contributed by atoms with Gasteiger partial charge in [0.1, 0.15) is 18.0 Å². The predicted octanol–water partition coefficient (Wildman–Crippen LogP) is 1.59. The van der Waals surface area contributed by atoms with Crippen LogP contribution in [0, 0.1) is 0 Å². The summed E-state index contributed by atoms with van der Waals surface area (Å²) in [4.78, 5) is 9.07. The highest BCUT2D eigenvalue weighted by Gasteiger charge is 2.13. The third-order valence-corrected chi connectivity index (χ3v) is 3.53. The van der Waals surface area contributed by atoms with Crippen molar-refractivity contribution in [2.75, 3.05) is 6.54 Å². The molecule has 2 aromatic heterocycles. The average Bonchev–Trinajstić information content (AvgIpc) is 3.06. The van der Waals surface area contributed by atoms with Crippen LogP contribution in [0.4, 0.5) is 0 Å². The number of hydrogen-bond donors (Lipinski definition) is 1. The van der Waals surface area contributed by atoms with Gasteiger partial charge in [-0.05, 0) is 25.1 Å². The zero-order chi connectivity index (χ0) is 14.7. The molecule has 0 amide bonds. The number of nitrogens with zero attached hydrogens (tertiary/aromatic N) is 5. The van der Waals surface area contributed by atoms with E-state index in [0.29, 0.717) is 13.1 Å². The van der Waals surface area contributed by atoms with Gasteiger partial charge in [-0.1, -0.05) is 19.1 Å². The molecule has 0 saturated carbocycles. The summed E-state index contributed by atoms with van der Waals surface area (Å²) in [6.45, 7) is 4.28. The Morgan fingerprint density at radius 2 is 2.05 bits per heavy atom. The fraction of sp³-hybridized carbons (Fsp3) is 0.400. The van der Waals surface area contributed by atoms with Crippen molar-refractivity contribution < 1.29 is 0 Å². The molecular formula is C15H20N6. The largest absolute Gasteiger partial charge is 0.330 e. The van der Waals surface area contributed by atoms with Crippen LogP contribution >= 0.6 is 0 Å². The second-order valence-corrected chi connectivity index (χ2v) is 5.04. The van der Waals surface area contributed by atoms with Gasteiger partial charge in [-0.15, -0.1) is 0 Å². The summed E-state index contributed by atoms with van der Waals surface area (Å²) in [6, 6.07) is 8.15. The van der Waals surface area contributed by atoms with Gasteiger partial charge in [-0.2, -0.15) is 5.10 Å². The van der Waals surface area contributed by atoms with Crippen LogP contribution in [0.3, 0.4) is 0 Å². The first kappa shape index (κ1) is 13.8. The lowest BCUT2D eigenvalue weighted by Crippen LogP contribution is -2.14. The van der Waals surface area contributed by atoms with Crippen LogP contribution in [0.5, 0.6) is 0 Å². The highest BCUT2D eigenvalue weighted by molar-refractivity contribution is 5.76. The number of fused-ring (bicyclic) bond motifs is 1. The van der Waals surface area contributed by atoms with Gasteiger partial charge in [0.05, 0.1) is 17.6 Å². The Kier molecular flexibility index (Phi) is 3.96. The molecule has 0 saturated heterocycles. The fourth-order valence-electron chi connectivity index (χ4n) is 2.57. The topological polar surface area (TPSA) is 74.5 Å². The molecule has 0 aliphatic carbocycles. The van der Waals surface area contributed by atoms with E-state index in [-0.39, 0.29) is 0 Å². The summed E-state index contributed by atoms with van der Waals surface area (Å²) in [7, 11) is 0. The average molecular weight is 284 g/mol. The Hall–Kier alpha value is -2.21. The third-order valence-electron chi connectivity index (χ3n) is 3.53. The summed E-state index contributed by atoms with van der Waals surface area (Å²) >= 11 is 0. The van der Waals surface area contributed by atoms with Crippen molar-refractivity contribution in [3.05, 3.63) is 42.2 Å². The van der Waals surface area contributed by atoms with Crippen molar-refractivity contribution in [2.45, 2.75) is 32.9 Å². The lowest BCUT2D eigenvalue weighted by Gasteiger charge is -2.09. The lowest BCUT2D eigenvalue weighted by molar-refractivity contribution is 0.552. The minimum Gasteiger partial charge on any atom is -0.330 e. The zero-order valence-corrected chi connectivity index (χ0v) is 12.2. The van der Waals surface area contributed by atoms with E-state index in [0.717, 1.165) is 42.1 Å². The third kappa shape index (κ3) is 2.67. The molecule has 0 bridgehead atoms. The van der Waals surface area contributed by atoms with Gasteiger partial charge in [0.25, 0.3) is 0 Å². The summed E-state index contributed by atoms with van der Waals surface area (Å²) in [5.41, 5.74) is 7.84. The van der Waals surface area contributed by atoms with E-state index in [9.17, 15) is 0 Å². The molecule has 6 nitrogen and oxygen atoms in total. The van der Waals surface area contributed by atoms with Gasteiger partial charge in [0.15, 0.2) is 0 Å². The molecule has 110 valence electrons. The van der Waals surface area contributed by atoms with E-state index in [1.54, 1.807) is 6.33 Å². The molecular weight excluding hydrogens is 264 g/mol. The highest BCUT2D eigenvalue weighted by Crippen LogP contribution is 2.17. The summed E-state index contributed by atoms with van der Waals surface area (Å²) < 4.78 is 4.15. The first-order chi connectivity index (χ1) is 10.3. The first-order valence-corrected chi connectivity index (χ1v) is 7.34. The highest BCUT2D eigenvalue weighted by atomic mass is 15.3. The number of rotatable bonds is 6. The van der Waals surface area contributed by atoms with Crippen LogP contribution in [0.15, 0.2) is 30.6 Å². The molecule has 2 N–H and O–H groups in total. The van der Waals surface area contributed by atoms with E-state index >= 15 is 0 Å². The van der Waals surface area contributed by atoms with Gasteiger partial charge >= 0.3 is 0 Å². The quantitative estimate of drug-likeness (QED) is 0.746. The van der Waals surface area contributed by atoms with Crippen LogP contribution in [-0.4, -0.2) is 30.9 Å². The fourth-order valence-corrected chi connectivity index (χ4v) is 2.57. The standard InChI is InChI=1S/C15H20N6/c1-2-9-21-15(17-11-18-21)10-20-13-6-4-3-5-12(13)19-14(20)7-8-16/h3-6,11H,2,7-10,16H2,1H3. The maximum atomic E-state index is 5.72. The Morgan fingerprint density at radius 3 is 2.86 bits per heavy atom. The molecule has 6 heteroatoms. The van der Waals surface area contributed by atoms with Crippen molar-refractivity contribution in [3.63, 3.8) is 0 Å². The minimum absolute atomic E-state index is 0.588. The molecule has 0 unspecified atom stereocenters. The maximum absolute atomic E-state index is 5.72. The number of imidazole rings is 1. The number of para-hydroxylation sites is 2. The van der Waals surface area contributed by atoms with Crippen molar-refractivity contribution in [1.29, 1.82) is 0 Å². The maximum Gasteiger partial charge on any atom is 0.146 e. The van der Waals surface area contributed by atoms with Gasteiger partial charge < -0.3 is 10.3 Å². The normalized spacial score (nSPS) is 11.3. The number of nitrogens with two attached hydrogens (primary N) is 1. The molecule has 2 heterocycles. The molecule has 21 heavy (non-hydrogen) atoms. The van der Waals surface area contributed by atoms with Crippen molar-refractivity contribution in [2.24, 2.45) is 5.73 Å². The van der Waals surface area contributed by atoms with Gasteiger partial charge in [-0.25, -0.2) is 14.6 Å². The summed E-state index contributed by atoms with van der Waals surface area (Å²) in [5, 5.41) is 4.29.